The maximum atomic E-state index is 12.6. The van der Waals surface area contributed by atoms with Gasteiger partial charge in [-0.05, 0) is 98.2 Å². The van der Waals surface area contributed by atoms with Crippen molar-refractivity contribution < 1.29 is 4.79 Å². The molecule has 4 rings (SSSR count). The van der Waals surface area contributed by atoms with E-state index >= 15 is 0 Å². The van der Waals surface area contributed by atoms with Crippen molar-refractivity contribution in [3.05, 3.63) is 12.7 Å². The lowest BCUT2D eigenvalue weighted by atomic mass is 9.54. The van der Waals surface area contributed by atoms with E-state index in [-0.39, 0.29) is 11.3 Å². The largest absolute Gasteiger partial charge is 0.300 e. The number of hydrogen-bond acceptors (Lipinski definition) is 1. The van der Waals surface area contributed by atoms with Crippen LogP contribution in [-0.2, 0) is 4.79 Å². The molecule has 0 radical (unpaired) electrons. The Morgan fingerprint density at radius 3 is 2.40 bits per heavy atom. The predicted octanol–water partition coefficient (Wildman–Crippen LogP) is 8.09. The molecule has 4 aliphatic rings. The molecule has 0 saturated heterocycles. The second kappa shape index (κ2) is 7.77. The van der Waals surface area contributed by atoms with E-state index in [2.05, 4.69) is 47.3 Å². The lowest BCUT2D eigenvalue weighted by molar-refractivity contribution is -0.124. The summed E-state index contributed by atoms with van der Waals surface area (Å²) in [5.41, 5.74) is 0.903. The lowest BCUT2D eigenvalue weighted by Gasteiger charge is -2.51. The van der Waals surface area contributed by atoms with Crippen molar-refractivity contribution in [2.75, 3.05) is 0 Å². The van der Waals surface area contributed by atoms with E-state index in [4.69, 9.17) is 0 Å². The Hall–Kier alpha value is -0.590. The van der Waals surface area contributed by atoms with Crippen LogP contribution in [-0.4, -0.2) is 5.78 Å². The van der Waals surface area contributed by atoms with Crippen LogP contribution in [0.5, 0.6) is 0 Å². The summed E-state index contributed by atoms with van der Waals surface area (Å²) < 4.78 is 0. The van der Waals surface area contributed by atoms with E-state index in [9.17, 15) is 4.79 Å². The van der Waals surface area contributed by atoms with Gasteiger partial charge in [-0.3, -0.25) is 4.79 Å². The normalized spacial score (nSPS) is 48.3. The first-order chi connectivity index (χ1) is 14.1. The first kappa shape index (κ1) is 22.6. The average molecular weight is 413 g/mol. The Kier molecular flexibility index (Phi) is 5.85. The summed E-state index contributed by atoms with van der Waals surface area (Å²) in [6, 6.07) is 0. The molecule has 4 saturated carbocycles. The summed E-state index contributed by atoms with van der Waals surface area (Å²) in [7, 11) is 0. The zero-order valence-corrected chi connectivity index (χ0v) is 20.8. The molecule has 4 aliphatic carbocycles. The number of carbonyl (C=O) groups is 1. The van der Waals surface area contributed by atoms with Crippen molar-refractivity contribution >= 4 is 5.78 Å². The Balaban J connectivity index is 1.56. The van der Waals surface area contributed by atoms with E-state index in [1.54, 1.807) is 0 Å². The highest BCUT2D eigenvalue weighted by Gasteiger charge is 2.70. The number of carbonyl (C=O) groups excluding carboxylic acids is 1. The molecule has 0 aromatic rings. The molecule has 9 atom stereocenters. The van der Waals surface area contributed by atoms with Crippen LogP contribution in [0, 0.1) is 57.7 Å². The van der Waals surface area contributed by atoms with Crippen LogP contribution in [0.25, 0.3) is 0 Å². The van der Waals surface area contributed by atoms with Gasteiger partial charge in [0.15, 0.2) is 0 Å². The molecular weight excluding hydrogens is 364 g/mol. The number of allylic oxidation sites excluding steroid dienone is 1. The number of Topliss-reactive ketones (excluding diaryl/α,β-unsaturated/α-hetero) is 1. The quantitative estimate of drug-likeness (QED) is 0.386. The van der Waals surface area contributed by atoms with Gasteiger partial charge < -0.3 is 0 Å². The minimum absolute atomic E-state index is 0.0698. The topological polar surface area (TPSA) is 17.1 Å². The molecule has 0 amide bonds. The number of hydrogen-bond donors (Lipinski definition) is 0. The van der Waals surface area contributed by atoms with Crippen molar-refractivity contribution in [1.29, 1.82) is 0 Å². The van der Waals surface area contributed by atoms with Crippen LogP contribution in [0.3, 0.4) is 0 Å². The fraction of sp³-hybridized carbons (Fsp3) is 0.897. The van der Waals surface area contributed by atoms with Crippen molar-refractivity contribution in [2.24, 2.45) is 57.7 Å². The summed E-state index contributed by atoms with van der Waals surface area (Å²) in [5, 5.41) is 0. The second-order valence-electron chi connectivity index (χ2n) is 13.0. The SMILES string of the molecule is C=C[C@]12C[C@H]3[C@@H]4CC[C@H]([C@H](C)CCCC(C)C)[C@@]4(C)CC[C@@H]3[C@@]1(C)CC[C@@H]2C(C)=O. The number of ketones is 1. The highest BCUT2D eigenvalue weighted by molar-refractivity contribution is 5.80. The summed E-state index contributed by atoms with van der Waals surface area (Å²) in [6.07, 6.45) is 15.7. The van der Waals surface area contributed by atoms with Crippen LogP contribution < -0.4 is 0 Å². The van der Waals surface area contributed by atoms with Crippen LogP contribution in [0.15, 0.2) is 12.7 Å². The molecule has 4 fully saturated rings. The monoisotopic (exact) mass is 412 g/mol. The van der Waals surface area contributed by atoms with Crippen molar-refractivity contribution in [3.63, 3.8) is 0 Å². The zero-order valence-electron chi connectivity index (χ0n) is 20.8. The first-order valence-electron chi connectivity index (χ1n) is 13.2. The Labute approximate surface area is 186 Å². The Morgan fingerprint density at radius 1 is 1.03 bits per heavy atom. The minimum Gasteiger partial charge on any atom is -0.300 e. The van der Waals surface area contributed by atoms with E-state index in [0.717, 1.165) is 41.9 Å². The highest BCUT2D eigenvalue weighted by atomic mass is 16.1. The average Bonchev–Trinajstić information content (AvgIpc) is 3.24. The van der Waals surface area contributed by atoms with Gasteiger partial charge in [0.1, 0.15) is 5.78 Å². The predicted molar refractivity (Wildman–Crippen MR) is 127 cm³/mol. The third-order valence-corrected chi connectivity index (χ3v) is 11.5. The Morgan fingerprint density at radius 2 is 1.77 bits per heavy atom. The van der Waals surface area contributed by atoms with Crippen molar-refractivity contribution in [3.8, 4) is 0 Å². The third kappa shape index (κ3) is 3.03. The molecular formula is C29H48O. The second-order valence-corrected chi connectivity index (χ2v) is 13.0. The van der Waals surface area contributed by atoms with Gasteiger partial charge >= 0.3 is 0 Å². The summed E-state index contributed by atoms with van der Waals surface area (Å²) in [5.74, 6) is 5.77. The molecule has 1 heteroatoms. The molecule has 0 unspecified atom stereocenters. The van der Waals surface area contributed by atoms with Gasteiger partial charge in [0, 0.05) is 11.3 Å². The van der Waals surface area contributed by atoms with Gasteiger partial charge in [-0.25, -0.2) is 0 Å². The molecule has 0 aromatic carbocycles. The van der Waals surface area contributed by atoms with E-state index in [0.29, 0.717) is 16.6 Å². The minimum atomic E-state index is 0.0698. The molecule has 170 valence electrons. The molecule has 1 nitrogen and oxygen atoms in total. The lowest BCUT2D eigenvalue weighted by Crippen LogP contribution is -2.44. The summed E-state index contributed by atoms with van der Waals surface area (Å²) >= 11 is 0. The van der Waals surface area contributed by atoms with Crippen molar-refractivity contribution in [2.45, 2.75) is 106 Å². The van der Waals surface area contributed by atoms with E-state index in [1.165, 1.54) is 57.8 Å². The van der Waals surface area contributed by atoms with Crippen LogP contribution in [0.2, 0.25) is 0 Å². The van der Waals surface area contributed by atoms with E-state index in [1.807, 2.05) is 6.92 Å². The third-order valence-electron chi connectivity index (χ3n) is 11.5. The molecule has 0 bridgehead atoms. The van der Waals surface area contributed by atoms with Crippen molar-refractivity contribution in [1.82, 2.24) is 0 Å². The van der Waals surface area contributed by atoms with Gasteiger partial charge in [-0.1, -0.05) is 60.0 Å². The molecule has 0 N–H and O–H groups in total. The number of fused-ring (bicyclic) bond motifs is 5. The number of rotatable bonds is 7. The maximum Gasteiger partial charge on any atom is 0.133 e. The summed E-state index contributed by atoms with van der Waals surface area (Å²) in [6.45, 7) is 18.7. The fourth-order valence-electron chi connectivity index (χ4n) is 10.0. The molecule has 0 aliphatic heterocycles. The first-order valence-corrected chi connectivity index (χ1v) is 13.2. The Bertz CT molecular complexity index is 678. The molecule has 30 heavy (non-hydrogen) atoms. The van der Waals surface area contributed by atoms with Gasteiger partial charge in [0.2, 0.25) is 0 Å². The van der Waals surface area contributed by atoms with Gasteiger partial charge in [0.25, 0.3) is 0 Å². The molecule has 0 spiro atoms. The molecule has 0 aromatic heterocycles. The zero-order chi connectivity index (χ0) is 21.9. The fourth-order valence-corrected chi connectivity index (χ4v) is 10.0. The smallest absolute Gasteiger partial charge is 0.133 e. The summed E-state index contributed by atoms with van der Waals surface area (Å²) in [4.78, 5) is 12.6. The standard InChI is InChI=1S/C29H48O/c1-8-29-18-22-25-13-12-23(20(4)11-9-10-19(2)3)27(25,6)16-14-26(22)28(29,7)17-15-24(29)21(5)30/h8,19-20,22-26H,1,9-18H2,2-7H3/t20-,22+,23-,24-,25+,26+,27-,28-,29-/m1/s1. The van der Waals surface area contributed by atoms with E-state index < -0.39 is 0 Å². The van der Waals surface area contributed by atoms with Gasteiger partial charge in [0.05, 0.1) is 0 Å². The molecule has 0 heterocycles. The van der Waals surface area contributed by atoms with Gasteiger partial charge in [-0.15, -0.1) is 6.58 Å². The van der Waals surface area contributed by atoms with Gasteiger partial charge in [-0.2, -0.15) is 0 Å². The van der Waals surface area contributed by atoms with Crippen LogP contribution in [0.1, 0.15) is 106 Å². The van der Waals surface area contributed by atoms with Crippen LogP contribution >= 0.6 is 0 Å². The maximum absolute atomic E-state index is 12.6. The van der Waals surface area contributed by atoms with Crippen LogP contribution in [0.4, 0.5) is 0 Å². The highest BCUT2D eigenvalue weighted by Crippen LogP contribution is 2.76.